The number of rotatable bonds is 6. The second-order valence-corrected chi connectivity index (χ2v) is 7.96. The third-order valence-electron chi connectivity index (χ3n) is 5.73. The van der Waals surface area contributed by atoms with Gasteiger partial charge in [-0.05, 0) is 50.3 Å². The highest BCUT2D eigenvalue weighted by Gasteiger charge is 2.25. The number of nitrogens with one attached hydrogen (secondary N) is 1. The Labute approximate surface area is 183 Å². The first-order valence-electron chi connectivity index (χ1n) is 11.2. The predicted molar refractivity (Wildman–Crippen MR) is 118 cm³/mol. The molecule has 31 heavy (non-hydrogen) atoms. The van der Waals surface area contributed by atoms with E-state index in [2.05, 4.69) is 22.1 Å². The fourth-order valence-corrected chi connectivity index (χ4v) is 4.02. The molecule has 2 fully saturated rings. The molecule has 0 atom stereocenters. The molecule has 1 amide bonds. The summed E-state index contributed by atoms with van der Waals surface area (Å²) in [5.74, 6) is 1.89. The van der Waals surface area contributed by atoms with Gasteiger partial charge in [0.25, 0.3) is 5.91 Å². The topological polar surface area (TPSA) is 83.2 Å². The number of amides is 1. The van der Waals surface area contributed by atoms with Crippen LogP contribution >= 0.6 is 0 Å². The number of furan rings is 1. The van der Waals surface area contributed by atoms with Gasteiger partial charge in [-0.25, -0.2) is 9.98 Å². The van der Waals surface area contributed by atoms with Crippen molar-refractivity contribution in [2.24, 2.45) is 4.99 Å². The quantitative estimate of drug-likeness (QED) is 0.566. The average Bonchev–Trinajstić information content (AvgIpc) is 3.52. The number of hydrogen-bond acceptors (Lipinski definition) is 5. The summed E-state index contributed by atoms with van der Waals surface area (Å²) in [5, 5.41) is 3.36. The monoisotopic (exact) mass is 425 g/mol. The van der Waals surface area contributed by atoms with Gasteiger partial charge in [0.05, 0.1) is 12.8 Å². The second kappa shape index (κ2) is 10.3. The Morgan fingerprint density at radius 2 is 1.97 bits per heavy atom. The average molecular weight is 426 g/mol. The number of hydrogen-bond donors (Lipinski definition) is 1. The lowest BCUT2D eigenvalue weighted by molar-refractivity contribution is 0.0657. The molecule has 4 rings (SSSR count). The van der Waals surface area contributed by atoms with E-state index in [-0.39, 0.29) is 5.91 Å². The summed E-state index contributed by atoms with van der Waals surface area (Å²) in [6.07, 6.45) is 8.43. The molecular formula is C23H31N5O3. The molecule has 0 radical (unpaired) electrons. The molecule has 1 saturated carbocycles. The van der Waals surface area contributed by atoms with Crippen LogP contribution in [0.25, 0.3) is 0 Å². The van der Waals surface area contributed by atoms with Crippen LogP contribution in [0.1, 0.15) is 48.7 Å². The number of pyridine rings is 1. The number of carbonyl (C=O) groups excluding carboxylic acids is 1. The maximum Gasteiger partial charge on any atom is 0.289 e. The molecule has 0 aromatic carbocycles. The van der Waals surface area contributed by atoms with Crippen molar-refractivity contribution in [1.82, 2.24) is 20.1 Å². The molecule has 3 heterocycles. The van der Waals surface area contributed by atoms with Gasteiger partial charge in [0.2, 0.25) is 5.88 Å². The molecule has 8 heteroatoms. The third kappa shape index (κ3) is 5.57. The van der Waals surface area contributed by atoms with Crippen molar-refractivity contribution in [3.05, 3.63) is 48.0 Å². The maximum atomic E-state index is 12.5. The molecular weight excluding hydrogens is 394 g/mol. The number of piperazine rings is 1. The largest absolute Gasteiger partial charge is 0.474 e. The van der Waals surface area contributed by atoms with Crippen molar-refractivity contribution in [2.75, 3.05) is 32.7 Å². The maximum absolute atomic E-state index is 12.5. The molecule has 1 aliphatic heterocycles. The van der Waals surface area contributed by atoms with Crippen molar-refractivity contribution in [1.29, 1.82) is 0 Å². The van der Waals surface area contributed by atoms with Crippen LogP contribution < -0.4 is 10.1 Å². The third-order valence-corrected chi connectivity index (χ3v) is 5.73. The van der Waals surface area contributed by atoms with E-state index < -0.39 is 0 Å². The number of guanidine groups is 1. The Morgan fingerprint density at radius 3 is 2.61 bits per heavy atom. The van der Waals surface area contributed by atoms with Crippen LogP contribution in [-0.2, 0) is 6.54 Å². The van der Waals surface area contributed by atoms with Gasteiger partial charge >= 0.3 is 0 Å². The standard InChI is InChI=1S/C23H31N5O3/c1-2-24-23(28-13-11-27(12-14-28)22(29)20-8-5-15-30-20)26-17-18-9-10-21(25-16-18)31-19-6-3-4-7-19/h5,8-10,15-16,19H,2-4,6-7,11-14,17H2,1H3,(H,24,26). The zero-order chi connectivity index (χ0) is 21.5. The van der Waals surface area contributed by atoms with E-state index in [0.717, 1.165) is 44.0 Å². The van der Waals surface area contributed by atoms with Crippen molar-refractivity contribution < 1.29 is 13.9 Å². The molecule has 2 aromatic heterocycles. The van der Waals surface area contributed by atoms with Crippen molar-refractivity contribution in [3.63, 3.8) is 0 Å². The van der Waals surface area contributed by atoms with Gasteiger partial charge in [0.1, 0.15) is 6.10 Å². The summed E-state index contributed by atoms with van der Waals surface area (Å²) in [5.41, 5.74) is 1.04. The molecule has 0 bridgehead atoms. The Balaban J connectivity index is 1.31. The fourth-order valence-electron chi connectivity index (χ4n) is 4.02. The van der Waals surface area contributed by atoms with Gasteiger partial charge in [-0.3, -0.25) is 4.79 Å². The van der Waals surface area contributed by atoms with Gasteiger partial charge in [-0.1, -0.05) is 6.07 Å². The lowest BCUT2D eigenvalue weighted by Gasteiger charge is -2.36. The first-order chi connectivity index (χ1) is 15.2. The molecule has 1 aliphatic carbocycles. The molecule has 1 saturated heterocycles. The number of carbonyl (C=O) groups is 1. The second-order valence-electron chi connectivity index (χ2n) is 7.96. The zero-order valence-corrected chi connectivity index (χ0v) is 18.1. The Bertz CT molecular complexity index is 852. The number of ether oxygens (including phenoxy) is 1. The van der Waals surface area contributed by atoms with Crippen molar-refractivity contribution in [3.8, 4) is 5.88 Å². The summed E-state index contributed by atoms with van der Waals surface area (Å²) in [6, 6.07) is 7.42. The minimum Gasteiger partial charge on any atom is -0.474 e. The molecule has 2 aliphatic rings. The van der Waals surface area contributed by atoms with E-state index in [1.807, 2.05) is 23.2 Å². The van der Waals surface area contributed by atoms with Crippen LogP contribution in [0.3, 0.4) is 0 Å². The number of aromatic nitrogens is 1. The minimum atomic E-state index is -0.0578. The van der Waals surface area contributed by atoms with E-state index in [9.17, 15) is 4.79 Å². The molecule has 0 spiro atoms. The highest BCUT2D eigenvalue weighted by molar-refractivity contribution is 5.91. The molecule has 8 nitrogen and oxygen atoms in total. The Kier molecular flexibility index (Phi) is 7.07. The van der Waals surface area contributed by atoms with Crippen molar-refractivity contribution in [2.45, 2.75) is 45.3 Å². The molecule has 2 aromatic rings. The van der Waals surface area contributed by atoms with Gasteiger partial charge in [0.15, 0.2) is 11.7 Å². The van der Waals surface area contributed by atoms with Gasteiger partial charge in [-0.2, -0.15) is 0 Å². The molecule has 166 valence electrons. The van der Waals surface area contributed by atoms with Crippen LogP contribution in [0.5, 0.6) is 5.88 Å². The van der Waals surface area contributed by atoms with E-state index >= 15 is 0 Å². The highest BCUT2D eigenvalue weighted by atomic mass is 16.5. The van der Waals surface area contributed by atoms with Crippen LogP contribution in [0.4, 0.5) is 0 Å². The Morgan fingerprint density at radius 1 is 1.19 bits per heavy atom. The van der Waals surface area contributed by atoms with E-state index in [1.54, 1.807) is 12.1 Å². The van der Waals surface area contributed by atoms with Gasteiger partial charge in [-0.15, -0.1) is 0 Å². The van der Waals surface area contributed by atoms with Crippen LogP contribution in [0.15, 0.2) is 46.1 Å². The smallest absolute Gasteiger partial charge is 0.289 e. The van der Waals surface area contributed by atoms with Crippen LogP contribution in [0, 0.1) is 0 Å². The summed E-state index contributed by atoms with van der Waals surface area (Å²) in [6.45, 7) is 6.12. The summed E-state index contributed by atoms with van der Waals surface area (Å²) < 4.78 is 11.2. The predicted octanol–water partition coefficient (Wildman–Crippen LogP) is 2.92. The number of nitrogens with zero attached hydrogens (tertiary/aromatic N) is 4. The first-order valence-corrected chi connectivity index (χ1v) is 11.2. The van der Waals surface area contributed by atoms with Gasteiger partial charge < -0.3 is 24.3 Å². The lowest BCUT2D eigenvalue weighted by Crippen LogP contribution is -2.53. The van der Waals surface area contributed by atoms with E-state index in [4.69, 9.17) is 14.1 Å². The number of aliphatic imine (C=N–C) groups is 1. The highest BCUT2D eigenvalue weighted by Crippen LogP contribution is 2.23. The molecule has 0 unspecified atom stereocenters. The van der Waals surface area contributed by atoms with Crippen LogP contribution in [-0.4, -0.2) is 65.5 Å². The lowest BCUT2D eigenvalue weighted by atomic mass is 10.2. The fraction of sp³-hybridized carbons (Fsp3) is 0.522. The summed E-state index contributed by atoms with van der Waals surface area (Å²) >= 11 is 0. The van der Waals surface area contributed by atoms with E-state index in [1.165, 1.54) is 19.1 Å². The van der Waals surface area contributed by atoms with Gasteiger partial charge in [0, 0.05) is 45.0 Å². The first kappa shape index (κ1) is 21.2. The van der Waals surface area contributed by atoms with Crippen LogP contribution in [0.2, 0.25) is 0 Å². The minimum absolute atomic E-state index is 0.0578. The summed E-state index contributed by atoms with van der Waals surface area (Å²) in [4.78, 5) is 25.7. The SMILES string of the molecule is CCNC(=NCc1ccc(OC2CCCC2)nc1)N1CCN(C(=O)c2ccco2)CC1. The Hall–Kier alpha value is -3.03. The van der Waals surface area contributed by atoms with E-state index in [0.29, 0.717) is 37.4 Å². The van der Waals surface area contributed by atoms with Crippen molar-refractivity contribution >= 4 is 11.9 Å². The summed E-state index contributed by atoms with van der Waals surface area (Å²) in [7, 11) is 0. The normalized spacial score (nSPS) is 17.8. The molecule has 1 N–H and O–H groups in total. The zero-order valence-electron chi connectivity index (χ0n) is 18.1.